The van der Waals surface area contributed by atoms with Crippen LogP contribution in [0.15, 0.2) is 29.3 Å². The molecule has 7 nitrogen and oxygen atoms in total. The van der Waals surface area contributed by atoms with Gasteiger partial charge >= 0.3 is 5.97 Å². The fraction of sp³-hybridized carbons (Fsp3) is 0.444. The standard InChI is InChI=1S/C18H21N3O4/c1-3-25-18(24)13-5-4-8-20(11-13)16(22)14-9-19-15-7-6-12(2)10-21(15)17(14)23/h6-7,9-10,13H,3-5,8,11H2,1-2H3. The molecule has 0 aromatic carbocycles. The highest BCUT2D eigenvalue weighted by molar-refractivity contribution is 5.94. The van der Waals surface area contributed by atoms with Gasteiger partial charge in [-0.3, -0.25) is 18.8 Å². The Morgan fingerprint density at radius 2 is 2.16 bits per heavy atom. The molecule has 1 atom stereocenters. The topological polar surface area (TPSA) is 81.0 Å². The third-order valence-corrected chi connectivity index (χ3v) is 4.41. The second-order valence-electron chi connectivity index (χ2n) is 6.25. The first-order valence-electron chi connectivity index (χ1n) is 8.45. The van der Waals surface area contributed by atoms with Crippen LogP contribution < -0.4 is 5.56 Å². The quantitative estimate of drug-likeness (QED) is 0.787. The molecule has 1 aliphatic heterocycles. The molecule has 1 aliphatic rings. The number of carbonyl (C=O) groups is 2. The number of esters is 1. The number of ether oxygens (including phenoxy) is 1. The molecule has 0 N–H and O–H groups in total. The summed E-state index contributed by atoms with van der Waals surface area (Å²) in [5.41, 5.74) is 1.03. The van der Waals surface area contributed by atoms with E-state index in [0.717, 1.165) is 5.56 Å². The zero-order chi connectivity index (χ0) is 18.0. The van der Waals surface area contributed by atoms with Crippen LogP contribution in [0.2, 0.25) is 0 Å². The highest BCUT2D eigenvalue weighted by Gasteiger charge is 2.31. The number of aromatic nitrogens is 2. The van der Waals surface area contributed by atoms with Gasteiger partial charge in [-0.15, -0.1) is 0 Å². The van der Waals surface area contributed by atoms with Gasteiger partial charge in [0.05, 0.1) is 12.5 Å². The summed E-state index contributed by atoms with van der Waals surface area (Å²) in [5, 5.41) is 0. The molecular weight excluding hydrogens is 322 g/mol. The van der Waals surface area contributed by atoms with E-state index in [1.165, 1.54) is 10.6 Å². The number of amides is 1. The summed E-state index contributed by atoms with van der Waals surface area (Å²) < 4.78 is 6.44. The van der Waals surface area contributed by atoms with Gasteiger partial charge in [-0.25, -0.2) is 4.98 Å². The Kier molecular flexibility index (Phi) is 4.83. The molecule has 1 fully saturated rings. The third kappa shape index (κ3) is 3.40. The Morgan fingerprint density at radius 3 is 2.92 bits per heavy atom. The molecule has 132 valence electrons. The summed E-state index contributed by atoms with van der Waals surface area (Å²) in [4.78, 5) is 43.2. The largest absolute Gasteiger partial charge is 0.466 e. The maximum atomic E-state index is 12.8. The molecular formula is C18H21N3O4. The second kappa shape index (κ2) is 7.04. The Hall–Kier alpha value is -2.70. The highest BCUT2D eigenvalue weighted by atomic mass is 16.5. The molecule has 0 spiro atoms. The zero-order valence-corrected chi connectivity index (χ0v) is 14.4. The normalized spacial score (nSPS) is 17.5. The first kappa shape index (κ1) is 17.1. The van der Waals surface area contributed by atoms with Crippen molar-refractivity contribution in [2.75, 3.05) is 19.7 Å². The highest BCUT2D eigenvalue weighted by Crippen LogP contribution is 2.19. The van der Waals surface area contributed by atoms with Gasteiger partial charge in [0.15, 0.2) is 0 Å². The maximum Gasteiger partial charge on any atom is 0.310 e. The SMILES string of the molecule is CCOC(=O)C1CCCN(C(=O)c2cnc3ccc(C)cn3c2=O)C1. The Bertz CT molecular complexity index is 874. The van der Waals surface area contributed by atoms with Crippen molar-refractivity contribution in [3.05, 3.63) is 46.0 Å². The molecule has 2 aromatic heterocycles. The first-order chi connectivity index (χ1) is 12.0. The van der Waals surface area contributed by atoms with E-state index in [1.807, 2.05) is 13.0 Å². The van der Waals surface area contributed by atoms with Gasteiger partial charge in [-0.2, -0.15) is 0 Å². The predicted molar refractivity (Wildman–Crippen MR) is 91.5 cm³/mol. The van der Waals surface area contributed by atoms with Crippen LogP contribution in [-0.4, -0.2) is 45.9 Å². The van der Waals surface area contributed by atoms with E-state index in [0.29, 0.717) is 31.6 Å². The van der Waals surface area contributed by atoms with Crippen molar-refractivity contribution in [2.45, 2.75) is 26.7 Å². The minimum atomic E-state index is -0.392. The fourth-order valence-electron chi connectivity index (χ4n) is 3.11. The molecule has 7 heteroatoms. The number of rotatable bonds is 3. The summed E-state index contributed by atoms with van der Waals surface area (Å²) >= 11 is 0. The second-order valence-corrected chi connectivity index (χ2v) is 6.25. The summed E-state index contributed by atoms with van der Waals surface area (Å²) in [6.45, 7) is 4.74. The van der Waals surface area contributed by atoms with Gasteiger partial charge < -0.3 is 9.64 Å². The van der Waals surface area contributed by atoms with Crippen molar-refractivity contribution in [3.8, 4) is 0 Å². The van der Waals surface area contributed by atoms with E-state index < -0.39 is 5.56 Å². The minimum absolute atomic E-state index is 0.0209. The van der Waals surface area contributed by atoms with Crippen LogP contribution in [0, 0.1) is 12.8 Å². The lowest BCUT2D eigenvalue weighted by Gasteiger charge is -2.31. The average Bonchev–Trinajstić information content (AvgIpc) is 2.62. The van der Waals surface area contributed by atoms with Crippen LogP contribution in [0.1, 0.15) is 35.7 Å². The molecule has 0 saturated carbocycles. The van der Waals surface area contributed by atoms with Crippen LogP contribution in [0.4, 0.5) is 0 Å². The molecule has 0 bridgehead atoms. The van der Waals surface area contributed by atoms with Crippen molar-refractivity contribution in [1.82, 2.24) is 14.3 Å². The lowest BCUT2D eigenvalue weighted by atomic mass is 9.97. The number of nitrogens with zero attached hydrogens (tertiary/aromatic N) is 3. The number of hydrogen-bond donors (Lipinski definition) is 0. The lowest BCUT2D eigenvalue weighted by Crippen LogP contribution is -2.44. The van der Waals surface area contributed by atoms with Crippen molar-refractivity contribution in [1.29, 1.82) is 0 Å². The Morgan fingerprint density at radius 1 is 1.36 bits per heavy atom. The lowest BCUT2D eigenvalue weighted by molar-refractivity contribution is -0.149. The Labute approximate surface area is 145 Å². The van der Waals surface area contributed by atoms with Crippen LogP contribution in [0.5, 0.6) is 0 Å². The first-order valence-corrected chi connectivity index (χ1v) is 8.45. The van der Waals surface area contributed by atoms with Crippen molar-refractivity contribution < 1.29 is 14.3 Å². The Balaban J connectivity index is 1.88. The predicted octanol–water partition coefficient (Wildman–Crippen LogP) is 1.42. The van der Waals surface area contributed by atoms with E-state index in [4.69, 9.17) is 4.74 Å². The average molecular weight is 343 g/mol. The summed E-state index contributed by atoms with van der Waals surface area (Å²) in [7, 11) is 0. The fourth-order valence-corrected chi connectivity index (χ4v) is 3.11. The number of pyridine rings is 1. The molecule has 25 heavy (non-hydrogen) atoms. The smallest absolute Gasteiger partial charge is 0.310 e. The molecule has 0 aliphatic carbocycles. The van der Waals surface area contributed by atoms with Gasteiger partial charge in [0.2, 0.25) is 0 Å². The van der Waals surface area contributed by atoms with Gasteiger partial charge in [0.25, 0.3) is 11.5 Å². The van der Waals surface area contributed by atoms with Crippen molar-refractivity contribution in [2.24, 2.45) is 5.92 Å². The van der Waals surface area contributed by atoms with Crippen molar-refractivity contribution >= 4 is 17.5 Å². The number of aryl methyl sites for hydroxylation is 1. The molecule has 1 saturated heterocycles. The molecule has 3 rings (SSSR count). The number of piperidine rings is 1. The number of hydrogen-bond acceptors (Lipinski definition) is 5. The van der Waals surface area contributed by atoms with Crippen molar-refractivity contribution in [3.63, 3.8) is 0 Å². The summed E-state index contributed by atoms with van der Waals surface area (Å²) in [5.74, 6) is -1.01. The van der Waals surface area contributed by atoms with Crippen LogP contribution in [-0.2, 0) is 9.53 Å². The molecule has 1 amide bonds. The van der Waals surface area contributed by atoms with Gasteiger partial charge in [0.1, 0.15) is 11.2 Å². The molecule has 2 aromatic rings. The van der Waals surface area contributed by atoms with Crippen LogP contribution >= 0.6 is 0 Å². The van der Waals surface area contributed by atoms with Gasteiger partial charge in [0, 0.05) is 25.5 Å². The number of fused-ring (bicyclic) bond motifs is 1. The monoisotopic (exact) mass is 343 g/mol. The molecule has 0 radical (unpaired) electrons. The van der Waals surface area contributed by atoms with Crippen LogP contribution in [0.25, 0.3) is 5.65 Å². The number of carbonyl (C=O) groups excluding carboxylic acids is 2. The summed E-state index contributed by atoms with van der Waals surface area (Å²) in [6.07, 6.45) is 4.38. The third-order valence-electron chi connectivity index (χ3n) is 4.41. The van der Waals surface area contributed by atoms with E-state index in [2.05, 4.69) is 4.98 Å². The molecule has 3 heterocycles. The van der Waals surface area contributed by atoms with Crippen LogP contribution in [0.3, 0.4) is 0 Å². The zero-order valence-electron chi connectivity index (χ0n) is 14.4. The van der Waals surface area contributed by atoms with E-state index >= 15 is 0 Å². The van der Waals surface area contributed by atoms with E-state index in [-0.39, 0.29) is 29.9 Å². The van der Waals surface area contributed by atoms with Gasteiger partial charge in [-0.05, 0) is 38.3 Å². The van der Waals surface area contributed by atoms with Gasteiger partial charge in [-0.1, -0.05) is 6.07 Å². The van der Waals surface area contributed by atoms with E-state index in [1.54, 1.807) is 24.1 Å². The maximum absolute atomic E-state index is 12.8. The minimum Gasteiger partial charge on any atom is -0.466 e. The molecule has 1 unspecified atom stereocenters. The van der Waals surface area contributed by atoms with E-state index in [9.17, 15) is 14.4 Å². The number of likely N-dealkylation sites (tertiary alicyclic amines) is 1. The summed E-state index contributed by atoms with van der Waals surface area (Å²) in [6, 6.07) is 3.60.